The minimum Gasteiger partial charge on any atom is -0.377 e. The van der Waals surface area contributed by atoms with E-state index in [1.54, 1.807) is 0 Å². The maximum absolute atomic E-state index is 14.7. The first-order chi connectivity index (χ1) is 16.0. The molecule has 1 saturated heterocycles. The normalized spacial score (nSPS) is 19.0. The third kappa shape index (κ3) is 4.43. The summed E-state index contributed by atoms with van der Waals surface area (Å²) in [5.41, 5.74) is -0.321. The average Bonchev–Trinajstić information content (AvgIpc) is 3.18. The van der Waals surface area contributed by atoms with Crippen LogP contribution in [0.25, 0.3) is 10.9 Å². The molecule has 4 rings (SSSR count). The molecule has 2 unspecified atom stereocenters. The number of aryl methyl sites for hydroxylation is 1. The molecule has 1 fully saturated rings. The average molecular weight is 534 g/mol. The van der Waals surface area contributed by atoms with Gasteiger partial charge >= 0.3 is 10.2 Å². The maximum Gasteiger partial charge on any atom is 0.301 e. The Bertz CT molecular complexity index is 1440. The minimum absolute atomic E-state index is 0.00990. The number of fused-ring (bicyclic) bond motifs is 1. The van der Waals surface area contributed by atoms with Crippen molar-refractivity contribution in [2.45, 2.75) is 12.3 Å². The fourth-order valence-corrected chi connectivity index (χ4v) is 5.41. The highest BCUT2D eigenvalue weighted by atomic mass is 35.5. The van der Waals surface area contributed by atoms with Crippen molar-refractivity contribution in [1.29, 1.82) is 0 Å². The second-order valence-corrected chi connectivity index (χ2v) is 10.0. The standard InChI is InChI=1S/C20H19Cl2F2N5O4S/c1-28-9-25-12-5-6-13(17(21)16(12)20(28)30)26-19-10(23)3-4-14(18(19)22)27-34(31,32)29-7-11(24)15(8-29)33-2/h3-6,9,11,15,26-27H,7-8H2,1-2H3. The highest BCUT2D eigenvalue weighted by Gasteiger charge is 2.39. The SMILES string of the molecule is COC1CN(S(=O)(=O)Nc2ccc(F)c(Nc3ccc4ncn(C)c(=O)c4c3Cl)c2Cl)CC1F. The number of methoxy groups -OCH3 is 1. The largest absolute Gasteiger partial charge is 0.377 e. The van der Waals surface area contributed by atoms with Crippen molar-refractivity contribution >= 4 is 61.4 Å². The van der Waals surface area contributed by atoms with Crippen molar-refractivity contribution < 1.29 is 21.9 Å². The van der Waals surface area contributed by atoms with Crippen molar-refractivity contribution in [2.24, 2.45) is 7.05 Å². The molecule has 0 saturated carbocycles. The van der Waals surface area contributed by atoms with E-state index < -0.39 is 40.4 Å². The molecule has 1 aliphatic heterocycles. The molecule has 0 aliphatic carbocycles. The lowest BCUT2D eigenvalue weighted by Gasteiger charge is -2.19. The predicted octanol–water partition coefficient (Wildman–Crippen LogP) is 3.45. The fraction of sp³-hybridized carbons (Fsp3) is 0.300. The molecular weight excluding hydrogens is 515 g/mol. The van der Waals surface area contributed by atoms with Gasteiger partial charge in [0.25, 0.3) is 5.56 Å². The number of anilines is 3. The van der Waals surface area contributed by atoms with Crippen molar-refractivity contribution in [1.82, 2.24) is 13.9 Å². The molecule has 0 radical (unpaired) electrons. The van der Waals surface area contributed by atoms with Crippen LogP contribution in [-0.4, -0.2) is 54.7 Å². The summed E-state index contributed by atoms with van der Waals surface area (Å²) in [5.74, 6) is -0.798. The van der Waals surface area contributed by atoms with Crippen LogP contribution < -0.4 is 15.6 Å². The Morgan fingerprint density at radius 1 is 1.15 bits per heavy atom. The zero-order valence-electron chi connectivity index (χ0n) is 17.9. The summed E-state index contributed by atoms with van der Waals surface area (Å²) >= 11 is 12.7. The number of rotatable bonds is 6. The van der Waals surface area contributed by atoms with Gasteiger partial charge in [-0.25, -0.2) is 13.8 Å². The molecule has 2 aromatic carbocycles. The predicted molar refractivity (Wildman–Crippen MR) is 126 cm³/mol. The van der Waals surface area contributed by atoms with E-state index >= 15 is 0 Å². The molecule has 3 aromatic rings. The first-order valence-corrected chi connectivity index (χ1v) is 12.1. The van der Waals surface area contributed by atoms with Gasteiger partial charge in [0.15, 0.2) is 0 Å². The Labute approximate surface area is 203 Å². The topological polar surface area (TPSA) is 106 Å². The van der Waals surface area contributed by atoms with E-state index in [0.717, 1.165) is 16.4 Å². The van der Waals surface area contributed by atoms with Gasteiger partial charge in [0.1, 0.15) is 18.1 Å². The number of ether oxygens (including phenoxy) is 1. The van der Waals surface area contributed by atoms with Crippen LogP contribution in [0.4, 0.5) is 25.8 Å². The fourth-order valence-electron chi connectivity index (χ4n) is 3.56. The van der Waals surface area contributed by atoms with E-state index in [1.807, 2.05) is 0 Å². The quantitative estimate of drug-likeness (QED) is 0.502. The molecule has 2 atom stereocenters. The number of aromatic nitrogens is 2. The number of benzene rings is 2. The zero-order valence-corrected chi connectivity index (χ0v) is 20.2. The van der Waals surface area contributed by atoms with Crippen LogP contribution in [0.5, 0.6) is 0 Å². The van der Waals surface area contributed by atoms with E-state index in [0.29, 0.717) is 5.52 Å². The third-order valence-corrected chi connectivity index (χ3v) is 7.66. The Balaban J connectivity index is 1.67. The molecule has 0 spiro atoms. The number of hydrogen-bond acceptors (Lipinski definition) is 6. The van der Waals surface area contributed by atoms with Gasteiger partial charge in [-0.15, -0.1) is 0 Å². The van der Waals surface area contributed by atoms with Gasteiger partial charge in [-0.1, -0.05) is 23.2 Å². The van der Waals surface area contributed by atoms with Gasteiger partial charge in [-0.05, 0) is 24.3 Å². The molecule has 9 nitrogen and oxygen atoms in total. The van der Waals surface area contributed by atoms with Crippen LogP contribution >= 0.6 is 23.2 Å². The van der Waals surface area contributed by atoms with Crippen LogP contribution in [0.2, 0.25) is 10.0 Å². The number of nitrogens with zero attached hydrogens (tertiary/aromatic N) is 3. The Morgan fingerprint density at radius 3 is 2.53 bits per heavy atom. The van der Waals surface area contributed by atoms with Crippen molar-refractivity contribution in [2.75, 3.05) is 30.2 Å². The highest BCUT2D eigenvalue weighted by Crippen LogP contribution is 2.38. The summed E-state index contributed by atoms with van der Waals surface area (Å²) in [6, 6.07) is 5.15. The van der Waals surface area contributed by atoms with Crippen molar-refractivity contribution in [3.05, 3.63) is 56.8 Å². The van der Waals surface area contributed by atoms with Crippen LogP contribution in [0.15, 0.2) is 35.4 Å². The Hall–Kier alpha value is -2.51. The lowest BCUT2D eigenvalue weighted by atomic mass is 10.2. The monoisotopic (exact) mass is 533 g/mol. The molecule has 2 heterocycles. The van der Waals surface area contributed by atoms with Gasteiger partial charge < -0.3 is 14.6 Å². The molecule has 2 N–H and O–H groups in total. The summed E-state index contributed by atoms with van der Waals surface area (Å²) in [4.78, 5) is 16.6. The van der Waals surface area contributed by atoms with Crippen molar-refractivity contribution in [3.8, 4) is 0 Å². The van der Waals surface area contributed by atoms with Crippen LogP contribution in [0, 0.1) is 5.82 Å². The molecule has 14 heteroatoms. The van der Waals surface area contributed by atoms with Crippen LogP contribution in [-0.2, 0) is 22.0 Å². The third-order valence-electron chi connectivity index (χ3n) is 5.42. The highest BCUT2D eigenvalue weighted by molar-refractivity contribution is 7.90. The van der Waals surface area contributed by atoms with Crippen LogP contribution in [0.3, 0.4) is 0 Å². The zero-order chi connectivity index (χ0) is 24.8. The van der Waals surface area contributed by atoms with E-state index in [1.165, 1.54) is 37.2 Å². The summed E-state index contributed by atoms with van der Waals surface area (Å²) < 4.78 is 63.4. The summed E-state index contributed by atoms with van der Waals surface area (Å²) in [6.07, 6.45) is -1.03. The Morgan fingerprint density at radius 2 is 1.85 bits per heavy atom. The second kappa shape index (κ2) is 9.27. The van der Waals surface area contributed by atoms with Gasteiger partial charge in [0.05, 0.1) is 44.3 Å². The first-order valence-electron chi connectivity index (χ1n) is 9.87. The van der Waals surface area contributed by atoms with E-state index in [2.05, 4.69) is 15.0 Å². The minimum atomic E-state index is -4.21. The number of nitrogens with one attached hydrogen (secondary N) is 2. The number of alkyl halides is 1. The molecular formula is C20H19Cl2F2N5O4S. The summed E-state index contributed by atoms with van der Waals surface area (Å²) in [6.45, 7) is -0.583. The molecule has 182 valence electrons. The van der Waals surface area contributed by atoms with Crippen LogP contribution in [0.1, 0.15) is 0 Å². The summed E-state index contributed by atoms with van der Waals surface area (Å²) in [7, 11) is -1.41. The molecule has 0 amide bonds. The maximum atomic E-state index is 14.7. The lowest BCUT2D eigenvalue weighted by molar-refractivity contribution is 0.0637. The van der Waals surface area contributed by atoms with E-state index in [9.17, 15) is 22.0 Å². The Kier molecular flexibility index (Phi) is 6.71. The smallest absolute Gasteiger partial charge is 0.301 e. The van der Waals surface area contributed by atoms with Crippen molar-refractivity contribution in [3.63, 3.8) is 0 Å². The lowest BCUT2D eigenvalue weighted by Crippen LogP contribution is -2.35. The number of hydrogen-bond donors (Lipinski definition) is 2. The van der Waals surface area contributed by atoms with E-state index in [-0.39, 0.29) is 39.0 Å². The van der Waals surface area contributed by atoms with Gasteiger partial charge in [-0.3, -0.25) is 9.52 Å². The number of halogens is 4. The molecule has 0 bridgehead atoms. The molecule has 1 aromatic heterocycles. The first kappa shape index (κ1) is 24.6. The van der Waals surface area contributed by atoms with Gasteiger partial charge in [0.2, 0.25) is 0 Å². The van der Waals surface area contributed by atoms with E-state index in [4.69, 9.17) is 27.9 Å². The van der Waals surface area contributed by atoms with Gasteiger partial charge in [-0.2, -0.15) is 12.7 Å². The summed E-state index contributed by atoms with van der Waals surface area (Å²) in [5, 5.41) is 2.54. The van der Waals surface area contributed by atoms with Gasteiger partial charge in [0, 0.05) is 27.2 Å². The second-order valence-electron chi connectivity index (χ2n) is 7.61. The molecule has 34 heavy (non-hydrogen) atoms. The molecule has 1 aliphatic rings.